The fourth-order valence-corrected chi connectivity index (χ4v) is 3.39. The third-order valence-corrected chi connectivity index (χ3v) is 5.18. The monoisotopic (exact) mass is 397 g/mol. The molecule has 0 saturated heterocycles. The van der Waals surface area contributed by atoms with Crippen LogP contribution in [0.2, 0.25) is 0 Å². The highest BCUT2D eigenvalue weighted by molar-refractivity contribution is 5.98. The largest absolute Gasteiger partial charge is 0.344 e. The van der Waals surface area contributed by atoms with E-state index in [4.69, 9.17) is 0 Å². The standard InChI is InChI=1S/C21H27N5O3/c1-14(23-21(29)16-7-3-4-8-16)19(27)24-17-9-5-10-18(13-17)25-20(28)15(2)26-12-6-11-22-26/h5-6,9-16H,3-4,7-8H2,1-2H3,(H,23,29)(H,24,27)(H,25,28)/t14-,15+/m0/s1. The number of amides is 3. The Balaban J connectivity index is 1.55. The Labute approximate surface area is 170 Å². The van der Waals surface area contributed by atoms with Crippen molar-refractivity contribution in [2.75, 3.05) is 10.6 Å². The van der Waals surface area contributed by atoms with Crippen molar-refractivity contribution in [3.05, 3.63) is 42.7 Å². The van der Waals surface area contributed by atoms with Crippen molar-refractivity contribution in [2.24, 2.45) is 5.92 Å². The molecule has 29 heavy (non-hydrogen) atoms. The van der Waals surface area contributed by atoms with Crippen molar-refractivity contribution in [1.29, 1.82) is 0 Å². The zero-order valence-electron chi connectivity index (χ0n) is 16.7. The van der Waals surface area contributed by atoms with E-state index in [0.717, 1.165) is 25.7 Å². The zero-order valence-corrected chi connectivity index (χ0v) is 16.7. The number of rotatable bonds is 7. The molecule has 1 aliphatic carbocycles. The molecule has 0 aliphatic heterocycles. The van der Waals surface area contributed by atoms with Crippen LogP contribution in [0.1, 0.15) is 45.6 Å². The van der Waals surface area contributed by atoms with Gasteiger partial charge < -0.3 is 16.0 Å². The summed E-state index contributed by atoms with van der Waals surface area (Å²) in [4.78, 5) is 37.0. The number of nitrogens with zero attached hydrogens (tertiary/aromatic N) is 2. The van der Waals surface area contributed by atoms with Crippen molar-refractivity contribution < 1.29 is 14.4 Å². The maximum atomic E-state index is 12.4. The highest BCUT2D eigenvalue weighted by Crippen LogP contribution is 2.24. The van der Waals surface area contributed by atoms with Crippen molar-refractivity contribution in [2.45, 2.75) is 51.6 Å². The van der Waals surface area contributed by atoms with Crippen LogP contribution < -0.4 is 16.0 Å². The summed E-state index contributed by atoms with van der Waals surface area (Å²) in [5, 5.41) is 12.5. The Morgan fingerprint density at radius 3 is 2.31 bits per heavy atom. The van der Waals surface area contributed by atoms with Gasteiger partial charge in [0.1, 0.15) is 12.1 Å². The molecule has 2 aromatic rings. The first-order valence-corrected chi connectivity index (χ1v) is 9.95. The smallest absolute Gasteiger partial charge is 0.248 e. The van der Waals surface area contributed by atoms with Crippen molar-refractivity contribution in [3.63, 3.8) is 0 Å². The summed E-state index contributed by atoms with van der Waals surface area (Å²) in [6.45, 7) is 3.42. The molecule has 1 aromatic heterocycles. The molecular weight excluding hydrogens is 370 g/mol. The van der Waals surface area contributed by atoms with Gasteiger partial charge in [-0.2, -0.15) is 5.10 Å². The van der Waals surface area contributed by atoms with Crippen LogP contribution in [0, 0.1) is 5.92 Å². The number of hydrogen-bond donors (Lipinski definition) is 3. The van der Waals surface area contributed by atoms with Crippen LogP contribution in [-0.2, 0) is 14.4 Å². The van der Waals surface area contributed by atoms with Gasteiger partial charge in [0.05, 0.1) is 0 Å². The van der Waals surface area contributed by atoms with Gasteiger partial charge in [0.15, 0.2) is 0 Å². The Morgan fingerprint density at radius 1 is 1.03 bits per heavy atom. The van der Waals surface area contributed by atoms with E-state index in [1.54, 1.807) is 61.3 Å². The first-order valence-electron chi connectivity index (χ1n) is 9.95. The maximum Gasteiger partial charge on any atom is 0.248 e. The minimum absolute atomic E-state index is 0.0144. The SMILES string of the molecule is C[C@H](NC(=O)C1CCCC1)C(=O)Nc1cccc(NC(=O)[C@@H](C)n2cccn2)c1. The zero-order chi connectivity index (χ0) is 20.8. The number of carbonyl (C=O) groups excluding carboxylic acids is 3. The van der Waals surface area contributed by atoms with Crippen LogP contribution in [-0.4, -0.2) is 33.5 Å². The molecule has 1 aromatic carbocycles. The van der Waals surface area contributed by atoms with Gasteiger partial charge in [-0.3, -0.25) is 19.1 Å². The molecule has 1 fully saturated rings. The minimum atomic E-state index is -0.638. The Morgan fingerprint density at radius 2 is 1.69 bits per heavy atom. The fourth-order valence-electron chi connectivity index (χ4n) is 3.39. The van der Waals surface area contributed by atoms with Gasteiger partial charge in [-0.1, -0.05) is 18.9 Å². The second-order valence-electron chi connectivity index (χ2n) is 7.43. The van der Waals surface area contributed by atoms with Crippen LogP contribution in [0.5, 0.6) is 0 Å². The number of aromatic nitrogens is 2. The van der Waals surface area contributed by atoms with Crippen LogP contribution in [0.4, 0.5) is 11.4 Å². The number of benzene rings is 1. The average molecular weight is 397 g/mol. The molecule has 0 bridgehead atoms. The molecule has 2 atom stereocenters. The van der Waals surface area contributed by atoms with Gasteiger partial charge in [-0.25, -0.2) is 0 Å². The highest BCUT2D eigenvalue weighted by Gasteiger charge is 2.25. The molecule has 3 N–H and O–H groups in total. The van der Waals surface area contributed by atoms with Gasteiger partial charge in [0.25, 0.3) is 0 Å². The Hall–Kier alpha value is -3.16. The van der Waals surface area contributed by atoms with E-state index < -0.39 is 12.1 Å². The fraction of sp³-hybridized carbons (Fsp3) is 0.429. The molecule has 0 radical (unpaired) electrons. The van der Waals surface area contributed by atoms with Crippen molar-refractivity contribution >= 4 is 29.1 Å². The normalized spacial score (nSPS) is 16.1. The van der Waals surface area contributed by atoms with Crippen LogP contribution >= 0.6 is 0 Å². The van der Waals surface area contributed by atoms with E-state index in [9.17, 15) is 14.4 Å². The summed E-state index contributed by atoms with van der Waals surface area (Å²) in [6, 6.07) is 7.55. The lowest BCUT2D eigenvalue weighted by Crippen LogP contribution is -2.43. The molecule has 8 nitrogen and oxygen atoms in total. The topological polar surface area (TPSA) is 105 Å². The van der Waals surface area contributed by atoms with Crippen molar-refractivity contribution in [3.8, 4) is 0 Å². The number of anilines is 2. The van der Waals surface area contributed by atoms with E-state index in [1.807, 2.05) is 0 Å². The molecule has 1 heterocycles. The summed E-state index contributed by atoms with van der Waals surface area (Å²) < 4.78 is 1.57. The maximum absolute atomic E-state index is 12.4. The van der Waals surface area contributed by atoms with Crippen LogP contribution in [0.15, 0.2) is 42.7 Å². The summed E-state index contributed by atoms with van der Waals surface area (Å²) in [7, 11) is 0. The van der Waals surface area contributed by atoms with Gasteiger partial charge in [-0.15, -0.1) is 0 Å². The molecule has 0 spiro atoms. The Bertz CT molecular complexity index is 859. The summed E-state index contributed by atoms with van der Waals surface area (Å²) in [5.41, 5.74) is 1.11. The quantitative estimate of drug-likeness (QED) is 0.668. The summed E-state index contributed by atoms with van der Waals surface area (Å²) in [6.07, 6.45) is 7.25. The molecule has 8 heteroatoms. The number of nitrogens with one attached hydrogen (secondary N) is 3. The summed E-state index contributed by atoms with van der Waals surface area (Å²) in [5.74, 6) is -0.557. The van der Waals surface area contributed by atoms with Gasteiger partial charge in [-0.05, 0) is 51.0 Å². The molecule has 1 saturated carbocycles. The van der Waals surface area contributed by atoms with E-state index in [2.05, 4.69) is 21.0 Å². The molecule has 1 aliphatic rings. The molecule has 3 rings (SSSR count). The van der Waals surface area contributed by atoms with E-state index in [1.165, 1.54) is 0 Å². The van der Waals surface area contributed by atoms with Crippen LogP contribution in [0.25, 0.3) is 0 Å². The highest BCUT2D eigenvalue weighted by atomic mass is 16.2. The molecular formula is C21H27N5O3. The predicted molar refractivity (Wildman–Crippen MR) is 110 cm³/mol. The van der Waals surface area contributed by atoms with Gasteiger partial charge in [0, 0.05) is 29.7 Å². The predicted octanol–water partition coefficient (Wildman–Crippen LogP) is 2.72. The summed E-state index contributed by atoms with van der Waals surface area (Å²) >= 11 is 0. The Kier molecular flexibility index (Phi) is 6.64. The average Bonchev–Trinajstić information content (AvgIpc) is 3.41. The van der Waals surface area contributed by atoms with Gasteiger partial charge >= 0.3 is 0 Å². The molecule has 3 amide bonds. The lowest BCUT2D eigenvalue weighted by Gasteiger charge is -2.17. The second kappa shape index (κ2) is 9.36. The second-order valence-corrected chi connectivity index (χ2v) is 7.43. The molecule has 0 unspecified atom stereocenters. The first-order chi connectivity index (χ1) is 13.9. The van der Waals surface area contributed by atoms with Crippen molar-refractivity contribution in [1.82, 2.24) is 15.1 Å². The number of hydrogen-bond acceptors (Lipinski definition) is 4. The van der Waals surface area contributed by atoms with Crippen LogP contribution in [0.3, 0.4) is 0 Å². The first kappa shape index (κ1) is 20.6. The van der Waals surface area contributed by atoms with E-state index in [-0.39, 0.29) is 23.6 Å². The van der Waals surface area contributed by atoms with Gasteiger partial charge in [0.2, 0.25) is 17.7 Å². The third kappa shape index (κ3) is 5.43. The molecule has 154 valence electrons. The third-order valence-electron chi connectivity index (χ3n) is 5.18. The number of carbonyl (C=O) groups is 3. The minimum Gasteiger partial charge on any atom is -0.344 e. The lowest BCUT2D eigenvalue weighted by atomic mass is 10.1. The lowest BCUT2D eigenvalue weighted by molar-refractivity contribution is -0.128. The van der Waals surface area contributed by atoms with E-state index >= 15 is 0 Å². The van der Waals surface area contributed by atoms with E-state index in [0.29, 0.717) is 11.4 Å².